The smallest absolute Gasteiger partial charge is 0.301 e. The van der Waals surface area contributed by atoms with Crippen molar-refractivity contribution in [2.24, 2.45) is 0 Å². The number of ether oxygens (including phenoxy) is 2. The highest BCUT2D eigenvalue weighted by molar-refractivity contribution is 7.22. The minimum Gasteiger partial charge on any atom is -0.505 e. The van der Waals surface area contributed by atoms with E-state index < -0.39 is 17.7 Å². The van der Waals surface area contributed by atoms with Crippen molar-refractivity contribution in [3.63, 3.8) is 0 Å². The number of hydrogen-bond acceptors (Lipinski definition) is 8. The Morgan fingerprint density at radius 3 is 2.51 bits per heavy atom. The molecule has 1 unspecified atom stereocenters. The normalized spacial score (nSPS) is 16.3. The summed E-state index contributed by atoms with van der Waals surface area (Å²) in [5, 5.41) is 12.3. The van der Waals surface area contributed by atoms with Gasteiger partial charge in [-0.2, -0.15) is 0 Å². The first-order valence-corrected chi connectivity index (χ1v) is 16.0. The van der Waals surface area contributed by atoms with E-state index in [-0.39, 0.29) is 17.0 Å². The summed E-state index contributed by atoms with van der Waals surface area (Å²) in [5.74, 6) is -0.848. The molecule has 45 heavy (non-hydrogen) atoms. The zero-order valence-electron chi connectivity index (χ0n) is 26.3. The molecule has 9 nitrogen and oxygen atoms in total. The molecule has 1 aliphatic heterocycles. The van der Waals surface area contributed by atoms with Crippen LogP contribution in [0.2, 0.25) is 0 Å². The number of aliphatic hydroxyl groups is 1. The molecule has 1 N–H and O–H groups in total. The van der Waals surface area contributed by atoms with Crippen LogP contribution in [0.3, 0.4) is 0 Å². The molecule has 1 amide bonds. The highest BCUT2D eigenvalue weighted by Gasteiger charge is 2.49. The van der Waals surface area contributed by atoms with Gasteiger partial charge in [0.1, 0.15) is 11.3 Å². The van der Waals surface area contributed by atoms with Crippen LogP contribution in [0.5, 0.6) is 11.5 Å². The molecule has 0 spiro atoms. The van der Waals surface area contributed by atoms with Gasteiger partial charge in [0.25, 0.3) is 5.78 Å². The molecule has 0 bridgehead atoms. The highest BCUT2D eigenvalue weighted by atomic mass is 32.1. The molecule has 0 saturated carbocycles. The van der Waals surface area contributed by atoms with Crippen LogP contribution in [0, 0.1) is 27.7 Å². The average Bonchev–Trinajstić information content (AvgIpc) is 3.66. The Morgan fingerprint density at radius 2 is 1.78 bits per heavy atom. The van der Waals surface area contributed by atoms with Gasteiger partial charge >= 0.3 is 5.91 Å². The SMILES string of the molecule is CCCCOc1ccc(C2C(=C(O)c3nc4c(C)cccn4c3C)C(=O)C(=O)N2c2nc3c(C)cc(C)cc3s2)cc1OCC. The predicted molar refractivity (Wildman–Crippen MR) is 177 cm³/mol. The van der Waals surface area contributed by atoms with Crippen molar-refractivity contribution < 1.29 is 24.2 Å². The Hall–Kier alpha value is -4.70. The number of carbonyl (C=O) groups excluding carboxylic acids is 2. The first kappa shape index (κ1) is 30.3. The van der Waals surface area contributed by atoms with E-state index in [1.165, 1.54) is 16.2 Å². The lowest BCUT2D eigenvalue weighted by atomic mass is 9.96. The van der Waals surface area contributed by atoms with Gasteiger partial charge in [0.2, 0.25) is 0 Å². The number of hydrogen-bond donors (Lipinski definition) is 1. The van der Waals surface area contributed by atoms with Gasteiger partial charge in [0.15, 0.2) is 22.4 Å². The number of anilines is 1. The lowest BCUT2D eigenvalue weighted by Crippen LogP contribution is -2.29. The predicted octanol–water partition coefficient (Wildman–Crippen LogP) is 7.38. The van der Waals surface area contributed by atoms with Crippen LogP contribution < -0.4 is 14.4 Å². The fourth-order valence-electron chi connectivity index (χ4n) is 5.89. The van der Waals surface area contributed by atoms with Gasteiger partial charge in [0, 0.05) is 6.20 Å². The topological polar surface area (TPSA) is 106 Å². The van der Waals surface area contributed by atoms with E-state index in [1.54, 1.807) is 12.1 Å². The number of unbranched alkanes of at least 4 members (excludes halogenated alkanes) is 1. The van der Waals surface area contributed by atoms with Gasteiger partial charge in [-0.15, -0.1) is 0 Å². The van der Waals surface area contributed by atoms with Crippen LogP contribution in [0.4, 0.5) is 5.13 Å². The first-order valence-electron chi connectivity index (χ1n) is 15.2. The Balaban J connectivity index is 1.58. The zero-order valence-corrected chi connectivity index (χ0v) is 27.1. The molecule has 2 aromatic carbocycles. The summed E-state index contributed by atoms with van der Waals surface area (Å²) >= 11 is 1.34. The number of nitrogens with zero attached hydrogens (tertiary/aromatic N) is 4. The van der Waals surface area contributed by atoms with Crippen LogP contribution in [-0.4, -0.2) is 44.4 Å². The minimum atomic E-state index is -0.985. The largest absolute Gasteiger partial charge is 0.505 e. The van der Waals surface area contributed by atoms with Gasteiger partial charge in [-0.25, -0.2) is 9.97 Å². The Bertz CT molecular complexity index is 2010. The molecule has 232 valence electrons. The van der Waals surface area contributed by atoms with E-state index in [1.807, 2.05) is 75.5 Å². The number of fused-ring (bicyclic) bond motifs is 2. The van der Waals surface area contributed by atoms with Crippen LogP contribution in [0.1, 0.15) is 66.4 Å². The number of imidazole rings is 1. The molecule has 6 rings (SSSR count). The third-order valence-corrected chi connectivity index (χ3v) is 9.12. The van der Waals surface area contributed by atoms with Crippen LogP contribution in [-0.2, 0) is 9.59 Å². The maximum Gasteiger partial charge on any atom is 0.301 e. The van der Waals surface area contributed by atoms with Gasteiger partial charge in [-0.05, 0) is 87.6 Å². The van der Waals surface area contributed by atoms with Gasteiger partial charge in [-0.3, -0.25) is 14.5 Å². The number of aromatic nitrogens is 3. The van der Waals surface area contributed by atoms with Crippen molar-refractivity contribution in [1.82, 2.24) is 14.4 Å². The van der Waals surface area contributed by atoms with E-state index in [4.69, 9.17) is 19.4 Å². The molecule has 3 aromatic heterocycles. The number of aryl methyl sites for hydroxylation is 4. The van der Waals surface area contributed by atoms with Gasteiger partial charge < -0.3 is 19.0 Å². The number of Topliss-reactive ketones (excluding diaryl/α,β-unsaturated/α-hetero) is 1. The molecule has 1 atom stereocenters. The summed E-state index contributed by atoms with van der Waals surface area (Å²) in [4.78, 5) is 38.8. The van der Waals surface area contributed by atoms with Crippen molar-refractivity contribution in [2.75, 3.05) is 18.1 Å². The van der Waals surface area contributed by atoms with E-state index >= 15 is 0 Å². The summed E-state index contributed by atoms with van der Waals surface area (Å²) in [5.41, 5.74) is 5.80. The number of pyridine rings is 1. The Labute approximate surface area is 265 Å². The van der Waals surface area contributed by atoms with Crippen LogP contribution in [0.25, 0.3) is 21.6 Å². The van der Waals surface area contributed by atoms with Crippen molar-refractivity contribution in [1.29, 1.82) is 0 Å². The first-order chi connectivity index (χ1) is 21.6. The van der Waals surface area contributed by atoms with Gasteiger partial charge in [-0.1, -0.05) is 42.9 Å². The molecule has 1 aliphatic rings. The van der Waals surface area contributed by atoms with Crippen LogP contribution >= 0.6 is 11.3 Å². The Morgan fingerprint density at radius 1 is 0.978 bits per heavy atom. The fraction of sp³-hybridized carbons (Fsp3) is 0.314. The third kappa shape index (κ3) is 5.22. The summed E-state index contributed by atoms with van der Waals surface area (Å²) < 4.78 is 14.8. The fourth-order valence-corrected chi connectivity index (χ4v) is 7.06. The highest BCUT2D eigenvalue weighted by Crippen LogP contribution is 2.46. The van der Waals surface area contributed by atoms with Crippen molar-refractivity contribution in [2.45, 2.75) is 60.4 Å². The lowest BCUT2D eigenvalue weighted by molar-refractivity contribution is -0.132. The van der Waals surface area contributed by atoms with E-state index in [9.17, 15) is 14.7 Å². The monoisotopic (exact) mass is 624 g/mol. The molecule has 0 aliphatic carbocycles. The molecule has 1 fully saturated rings. The second-order valence-electron chi connectivity index (χ2n) is 11.4. The number of rotatable bonds is 9. The van der Waals surface area contributed by atoms with Crippen molar-refractivity contribution in [3.8, 4) is 11.5 Å². The van der Waals surface area contributed by atoms with Crippen molar-refractivity contribution >= 4 is 49.8 Å². The maximum absolute atomic E-state index is 13.9. The van der Waals surface area contributed by atoms with E-state index in [2.05, 4.69) is 6.92 Å². The molecule has 5 aromatic rings. The molecular formula is C35H36N4O5S. The molecular weight excluding hydrogens is 588 g/mol. The lowest BCUT2D eigenvalue weighted by Gasteiger charge is -2.24. The summed E-state index contributed by atoms with van der Waals surface area (Å²) in [6, 6.07) is 12.3. The second-order valence-corrected chi connectivity index (χ2v) is 12.4. The number of aliphatic hydroxyl groups excluding tert-OH is 1. The Kier molecular flexibility index (Phi) is 8.09. The molecule has 10 heteroatoms. The molecule has 0 radical (unpaired) electrons. The average molecular weight is 625 g/mol. The standard InChI is InChI=1S/C35H36N4O5S/c1-7-9-15-44-24-13-12-23(18-25(24)43-8-2)30-27(31(40)29-22(6)38-14-10-11-20(4)33(38)36-29)32(41)34(42)39(30)35-37-28-21(5)16-19(3)17-26(28)45-35/h10-14,16-18,30,40H,7-9,15H2,1-6H3. The number of amides is 1. The quantitative estimate of drug-likeness (QED) is 0.0789. The molecule has 4 heterocycles. The van der Waals surface area contributed by atoms with Crippen molar-refractivity contribution in [3.05, 3.63) is 87.9 Å². The van der Waals surface area contributed by atoms with E-state index in [0.29, 0.717) is 46.7 Å². The number of benzene rings is 2. The number of thiazole rings is 1. The maximum atomic E-state index is 13.9. The second kappa shape index (κ2) is 12.0. The number of ketones is 1. The minimum absolute atomic E-state index is 0.0570. The summed E-state index contributed by atoms with van der Waals surface area (Å²) in [7, 11) is 0. The van der Waals surface area contributed by atoms with E-state index in [0.717, 1.165) is 39.7 Å². The number of carbonyl (C=O) groups is 2. The molecule has 1 saturated heterocycles. The van der Waals surface area contributed by atoms with Crippen LogP contribution in [0.15, 0.2) is 54.2 Å². The van der Waals surface area contributed by atoms with Gasteiger partial charge in [0.05, 0.1) is 40.7 Å². The summed E-state index contributed by atoms with van der Waals surface area (Å²) in [6.07, 6.45) is 3.73. The zero-order chi connectivity index (χ0) is 32.0. The summed E-state index contributed by atoms with van der Waals surface area (Å²) in [6.45, 7) is 12.6. The third-order valence-electron chi connectivity index (χ3n) is 8.12.